The number of amides is 1. The summed E-state index contributed by atoms with van der Waals surface area (Å²) in [6, 6.07) is 11.9. The summed E-state index contributed by atoms with van der Waals surface area (Å²) < 4.78 is 10.7. The molecule has 0 radical (unpaired) electrons. The Balaban J connectivity index is 1.82. The van der Waals surface area contributed by atoms with Crippen LogP contribution in [0.15, 0.2) is 46.9 Å². The van der Waals surface area contributed by atoms with E-state index in [1.165, 1.54) is 13.2 Å². The highest BCUT2D eigenvalue weighted by molar-refractivity contribution is 6.42. The zero-order chi connectivity index (χ0) is 17.1. The van der Waals surface area contributed by atoms with Crippen LogP contribution in [0, 0.1) is 0 Å². The summed E-state index contributed by atoms with van der Waals surface area (Å²) in [5.41, 5.74) is 1.06. The molecule has 8 heteroatoms. The molecule has 0 saturated carbocycles. The van der Waals surface area contributed by atoms with Crippen molar-refractivity contribution in [3.8, 4) is 17.2 Å². The van der Waals surface area contributed by atoms with Gasteiger partial charge in [0.25, 0.3) is 5.89 Å². The van der Waals surface area contributed by atoms with Gasteiger partial charge < -0.3 is 14.5 Å². The third-order valence-electron chi connectivity index (χ3n) is 3.13. The van der Waals surface area contributed by atoms with E-state index in [0.29, 0.717) is 27.0 Å². The van der Waals surface area contributed by atoms with E-state index in [1.807, 2.05) is 6.07 Å². The summed E-state index contributed by atoms with van der Waals surface area (Å²) in [7, 11) is 1.53. The largest absolute Gasteiger partial charge is 0.496 e. The molecule has 122 valence electrons. The number of hydrogen-bond acceptors (Lipinski definition) is 5. The van der Waals surface area contributed by atoms with E-state index in [1.54, 1.807) is 30.3 Å². The Labute approximate surface area is 147 Å². The topological polar surface area (TPSA) is 77.2 Å². The van der Waals surface area contributed by atoms with Gasteiger partial charge >= 0.3 is 11.8 Å². The lowest BCUT2D eigenvalue weighted by molar-refractivity contribution is 0.0991. The van der Waals surface area contributed by atoms with Crippen molar-refractivity contribution in [2.75, 3.05) is 12.4 Å². The molecule has 0 fully saturated rings. The van der Waals surface area contributed by atoms with E-state index < -0.39 is 5.91 Å². The summed E-state index contributed by atoms with van der Waals surface area (Å²) in [6.07, 6.45) is 0. The zero-order valence-corrected chi connectivity index (χ0v) is 13.9. The highest BCUT2D eigenvalue weighted by atomic mass is 35.5. The number of aromatic nitrogens is 2. The fourth-order valence-corrected chi connectivity index (χ4v) is 2.30. The molecule has 0 spiro atoms. The number of carbonyl (C=O) groups excluding carboxylic acids is 1. The van der Waals surface area contributed by atoms with Gasteiger partial charge in [0.05, 0.1) is 22.7 Å². The number of carbonyl (C=O) groups is 1. The molecule has 1 aromatic heterocycles. The molecule has 0 aliphatic rings. The van der Waals surface area contributed by atoms with Crippen molar-refractivity contribution in [2.24, 2.45) is 0 Å². The van der Waals surface area contributed by atoms with Crippen molar-refractivity contribution in [3.63, 3.8) is 0 Å². The monoisotopic (exact) mass is 363 g/mol. The van der Waals surface area contributed by atoms with Crippen LogP contribution in [0.2, 0.25) is 10.0 Å². The third-order valence-corrected chi connectivity index (χ3v) is 3.87. The van der Waals surface area contributed by atoms with Gasteiger partial charge in [0, 0.05) is 5.69 Å². The lowest BCUT2D eigenvalue weighted by atomic mass is 10.2. The quantitative estimate of drug-likeness (QED) is 0.747. The van der Waals surface area contributed by atoms with Gasteiger partial charge in [-0.25, -0.2) is 0 Å². The van der Waals surface area contributed by atoms with Crippen molar-refractivity contribution >= 4 is 34.8 Å². The summed E-state index contributed by atoms with van der Waals surface area (Å²) >= 11 is 11.7. The highest BCUT2D eigenvalue weighted by Crippen LogP contribution is 2.29. The lowest BCUT2D eigenvalue weighted by Crippen LogP contribution is -2.12. The van der Waals surface area contributed by atoms with Gasteiger partial charge in [-0.1, -0.05) is 35.3 Å². The minimum Gasteiger partial charge on any atom is -0.496 e. The first-order valence-corrected chi connectivity index (χ1v) is 7.57. The second kappa shape index (κ2) is 6.90. The molecule has 0 unspecified atom stereocenters. The predicted octanol–water partition coefficient (Wildman–Crippen LogP) is 4.30. The van der Waals surface area contributed by atoms with E-state index in [-0.39, 0.29) is 11.8 Å². The van der Waals surface area contributed by atoms with E-state index in [9.17, 15) is 4.79 Å². The van der Waals surface area contributed by atoms with E-state index in [0.717, 1.165) is 0 Å². The molecule has 1 amide bonds. The Bertz CT molecular complexity index is 896. The molecule has 6 nitrogen and oxygen atoms in total. The Hall–Kier alpha value is -2.57. The second-order valence-corrected chi connectivity index (χ2v) is 5.51. The minimum atomic E-state index is -0.554. The molecule has 0 aliphatic heterocycles. The zero-order valence-electron chi connectivity index (χ0n) is 12.4. The van der Waals surface area contributed by atoms with Crippen molar-refractivity contribution in [3.05, 3.63) is 58.4 Å². The molecule has 1 N–H and O–H groups in total. The van der Waals surface area contributed by atoms with Gasteiger partial charge in [-0.3, -0.25) is 4.79 Å². The average molecular weight is 364 g/mol. The first kappa shape index (κ1) is 16.3. The molecule has 0 saturated heterocycles. The van der Waals surface area contributed by atoms with Crippen LogP contribution in [0.4, 0.5) is 5.69 Å². The van der Waals surface area contributed by atoms with E-state index >= 15 is 0 Å². The van der Waals surface area contributed by atoms with Crippen LogP contribution in [0.5, 0.6) is 5.75 Å². The minimum absolute atomic E-state index is 0.179. The van der Waals surface area contributed by atoms with Gasteiger partial charge in [-0.05, 0) is 30.3 Å². The smallest absolute Gasteiger partial charge is 0.313 e. The Morgan fingerprint density at radius 1 is 1.12 bits per heavy atom. The van der Waals surface area contributed by atoms with Crippen LogP contribution < -0.4 is 10.1 Å². The standard InChI is InChI=1S/C16H11Cl2N3O3/c1-23-13-5-3-2-4-10(13)15-20-21-16(24-15)14(22)19-9-6-7-11(17)12(18)8-9/h2-8H,1H3,(H,19,22). The SMILES string of the molecule is COc1ccccc1-c1nnc(C(=O)Nc2ccc(Cl)c(Cl)c2)o1. The molecule has 0 bridgehead atoms. The summed E-state index contributed by atoms with van der Waals surface area (Å²) in [5, 5.41) is 11.0. The summed E-state index contributed by atoms with van der Waals surface area (Å²) in [4.78, 5) is 12.2. The maximum absolute atomic E-state index is 12.2. The molecule has 2 aromatic carbocycles. The maximum Gasteiger partial charge on any atom is 0.313 e. The van der Waals surface area contributed by atoms with Gasteiger partial charge in [-0.2, -0.15) is 0 Å². The van der Waals surface area contributed by atoms with Crippen LogP contribution in [0.3, 0.4) is 0 Å². The number of hydrogen-bond donors (Lipinski definition) is 1. The van der Waals surface area contributed by atoms with Crippen LogP contribution in [-0.2, 0) is 0 Å². The number of halogens is 2. The molecule has 3 rings (SSSR count). The predicted molar refractivity (Wildman–Crippen MR) is 90.7 cm³/mol. The summed E-state index contributed by atoms with van der Waals surface area (Å²) in [6.45, 7) is 0. The Morgan fingerprint density at radius 2 is 1.92 bits per heavy atom. The van der Waals surface area contributed by atoms with E-state index in [4.69, 9.17) is 32.4 Å². The Kier molecular flexibility index (Phi) is 4.69. The molecule has 3 aromatic rings. The molecule has 24 heavy (non-hydrogen) atoms. The van der Waals surface area contributed by atoms with Gasteiger partial charge in [-0.15, -0.1) is 10.2 Å². The highest BCUT2D eigenvalue weighted by Gasteiger charge is 2.18. The Morgan fingerprint density at radius 3 is 2.67 bits per heavy atom. The first-order chi connectivity index (χ1) is 11.6. The second-order valence-electron chi connectivity index (χ2n) is 4.70. The van der Waals surface area contributed by atoms with Gasteiger partial charge in [0.1, 0.15) is 5.75 Å². The first-order valence-electron chi connectivity index (χ1n) is 6.82. The van der Waals surface area contributed by atoms with Crippen LogP contribution >= 0.6 is 23.2 Å². The van der Waals surface area contributed by atoms with Gasteiger partial charge in [0.15, 0.2) is 0 Å². The number of ether oxygens (including phenoxy) is 1. The third kappa shape index (κ3) is 3.34. The van der Waals surface area contributed by atoms with Crippen molar-refractivity contribution in [1.29, 1.82) is 0 Å². The lowest BCUT2D eigenvalue weighted by Gasteiger charge is -2.04. The fraction of sp³-hybridized carbons (Fsp3) is 0.0625. The van der Waals surface area contributed by atoms with Crippen LogP contribution in [-0.4, -0.2) is 23.2 Å². The molecule has 0 atom stereocenters. The number of benzene rings is 2. The van der Waals surface area contributed by atoms with Crippen LogP contribution in [0.25, 0.3) is 11.5 Å². The van der Waals surface area contributed by atoms with Crippen molar-refractivity contribution < 1.29 is 13.9 Å². The normalized spacial score (nSPS) is 10.5. The van der Waals surface area contributed by atoms with Gasteiger partial charge in [0.2, 0.25) is 0 Å². The molecular formula is C16H11Cl2N3O3. The number of methoxy groups -OCH3 is 1. The number of nitrogens with zero attached hydrogens (tertiary/aromatic N) is 2. The maximum atomic E-state index is 12.2. The van der Waals surface area contributed by atoms with E-state index in [2.05, 4.69) is 15.5 Å². The van der Waals surface area contributed by atoms with Crippen LogP contribution in [0.1, 0.15) is 10.7 Å². The number of para-hydroxylation sites is 1. The molecule has 1 heterocycles. The summed E-state index contributed by atoms with van der Waals surface area (Å²) in [5.74, 6) is 0.0216. The average Bonchev–Trinajstić information content (AvgIpc) is 3.08. The van der Waals surface area contributed by atoms with Crippen molar-refractivity contribution in [1.82, 2.24) is 10.2 Å². The number of anilines is 1. The fourth-order valence-electron chi connectivity index (χ4n) is 2.00. The number of nitrogens with one attached hydrogen (secondary N) is 1. The van der Waals surface area contributed by atoms with Crippen molar-refractivity contribution in [2.45, 2.75) is 0 Å². The molecular weight excluding hydrogens is 353 g/mol. The number of rotatable bonds is 4. The molecule has 0 aliphatic carbocycles.